The summed E-state index contributed by atoms with van der Waals surface area (Å²) >= 11 is 0. The van der Waals surface area contributed by atoms with Crippen molar-refractivity contribution in [3.05, 3.63) is 65.7 Å². The van der Waals surface area contributed by atoms with Crippen molar-refractivity contribution in [2.45, 2.75) is 26.8 Å². The first-order valence-corrected chi connectivity index (χ1v) is 11.3. The van der Waals surface area contributed by atoms with Crippen LogP contribution in [0.15, 0.2) is 54.6 Å². The second kappa shape index (κ2) is 13.5. The molecule has 35 heavy (non-hydrogen) atoms. The molecule has 186 valence electrons. The Morgan fingerprint density at radius 1 is 0.971 bits per heavy atom. The quantitative estimate of drug-likeness (QED) is 0.377. The van der Waals surface area contributed by atoms with E-state index >= 15 is 0 Å². The Balaban J connectivity index is 1.78. The van der Waals surface area contributed by atoms with Crippen LogP contribution in [0.2, 0.25) is 0 Å². The fourth-order valence-corrected chi connectivity index (χ4v) is 3.06. The van der Waals surface area contributed by atoms with E-state index in [1.807, 2.05) is 13.8 Å². The average Bonchev–Trinajstić information content (AvgIpc) is 2.87. The number of nitrogens with zero attached hydrogens (tertiary/aromatic N) is 1. The summed E-state index contributed by atoms with van der Waals surface area (Å²) in [4.78, 5) is 50.3. The van der Waals surface area contributed by atoms with Crippen molar-refractivity contribution in [1.29, 1.82) is 0 Å². The van der Waals surface area contributed by atoms with E-state index in [-0.39, 0.29) is 5.91 Å². The van der Waals surface area contributed by atoms with Crippen LogP contribution in [0.25, 0.3) is 6.08 Å². The summed E-state index contributed by atoms with van der Waals surface area (Å²) in [5, 5.41) is 5.09. The van der Waals surface area contributed by atoms with Gasteiger partial charge < -0.3 is 25.0 Å². The zero-order valence-corrected chi connectivity index (χ0v) is 20.4. The van der Waals surface area contributed by atoms with E-state index in [0.717, 1.165) is 5.56 Å². The number of ether oxygens (including phenoxy) is 2. The standard InChI is InChI=1S/C26H31N3O6/c1-5-29(6-2)25(32)20-10-12-21(13-11-20)28-24(31)17-35-26(33)18(3)27-23(30)16-9-19-7-14-22(34-4)15-8-19/h7-16,18H,5-6,17H2,1-4H3,(H,27,30)(H,28,31). The fourth-order valence-electron chi connectivity index (χ4n) is 3.06. The lowest BCUT2D eigenvalue weighted by Crippen LogP contribution is -2.39. The van der Waals surface area contributed by atoms with Gasteiger partial charge in [0.05, 0.1) is 7.11 Å². The van der Waals surface area contributed by atoms with E-state index in [1.54, 1.807) is 66.6 Å². The minimum absolute atomic E-state index is 0.0864. The summed E-state index contributed by atoms with van der Waals surface area (Å²) < 4.78 is 10.1. The van der Waals surface area contributed by atoms with E-state index in [2.05, 4.69) is 10.6 Å². The van der Waals surface area contributed by atoms with Crippen molar-refractivity contribution in [1.82, 2.24) is 10.2 Å². The number of methoxy groups -OCH3 is 1. The van der Waals surface area contributed by atoms with Crippen LogP contribution in [0, 0.1) is 0 Å². The van der Waals surface area contributed by atoms with Gasteiger partial charge in [0.25, 0.3) is 11.8 Å². The summed E-state index contributed by atoms with van der Waals surface area (Å²) in [5.74, 6) is -1.15. The van der Waals surface area contributed by atoms with Crippen molar-refractivity contribution in [3.63, 3.8) is 0 Å². The van der Waals surface area contributed by atoms with E-state index in [1.165, 1.54) is 13.0 Å². The van der Waals surface area contributed by atoms with Gasteiger partial charge in [0.15, 0.2) is 6.61 Å². The van der Waals surface area contributed by atoms with Crippen molar-refractivity contribution < 1.29 is 28.7 Å². The van der Waals surface area contributed by atoms with Gasteiger partial charge in [-0.2, -0.15) is 0 Å². The highest BCUT2D eigenvalue weighted by molar-refractivity contribution is 5.97. The monoisotopic (exact) mass is 481 g/mol. The maximum Gasteiger partial charge on any atom is 0.328 e. The summed E-state index contributed by atoms with van der Waals surface area (Å²) in [7, 11) is 1.57. The Morgan fingerprint density at radius 2 is 1.60 bits per heavy atom. The molecule has 0 radical (unpaired) electrons. The Hall–Kier alpha value is -4.14. The molecule has 0 aliphatic carbocycles. The third-order valence-corrected chi connectivity index (χ3v) is 5.07. The number of hydrogen-bond donors (Lipinski definition) is 2. The maximum atomic E-state index is 12.3. The molecule has 0 aliphatic rings. The molecule has 1 unspecified atom stereocenters. The molecule has 0 bridgehead atoms. The Morgan fingerprint density at radius 3 is 2.17 bits per heavy atom. The molecule has 9 nitrogen and oxygen atoms in total. The molecule has 9 heteroatoms. The second-order valence-corrected chi connectivity index (χ2v) is 7.55. The molecule has 0 fully saturated rings. The zero-order valence-electron chi connectivity index (χ0n) is 20.4. The zero-order chi connectivity index (χ0) is 25.8. The highest BCUT2D eigenvalue weighted by Crippen LogP contribution is 2.13. The summed E-state index contributed by atoms with van der Waals surface area (Å²) in [6, 6.07) is 12.6. The van der Waals surface area contributed by atoms with E-state index in [0.29, 0.717) is 30.1 Å². The van der Waals surface area contributed by atoms with Gasteiger partial charge >= 0.3 is 5.97 Å². The van der Waals surface area contributed by atoms with Crippen molar-refractivity contribution >= 4 is 35.5 Å². The molecule has 0 aliphatic heterocycles. The fraction of sp³-hybridized carbons (Fsp3) is 0.308. The number of esters is 1. The number of anilines is 1. The molecular weight excluding hydrogens is 450 g/mol. The van der Waals surface area contributed by atoms with Crippen LogP contribution in [0.1, 0.15) is 36.7 Å². The van der Waals surface area contributed by atoms with Crippen LogP contribution >= 0.6 is 0 Å². The van der Waals surface area contributed by atoms with Crippen LogP contribution in [-0.2, 0) is 19.1 Å². The SMILES string of the molecule is CCN(CC)C(=O)c1ccc(NC(=O)COC(=O)C(C)NC(=O)C=Cc2ccc(OC)cc2)cc1. The van der Waals surface area contributed by atoms with Crippen LogP contribution in [0.5, 0.6) is 5.75 Å². The number of amides is 3. The predicted molar refractivity (Wildman–Crippen MR) is 133 cm³/mol. The number of hydrogen-bond acceptors (Lipinski definition) is 6. The molecule has 2 rings (SSSR count). The average molecular weight is 482 g/mol. The summed E-state index contributed by atoms with van der Waals surface area (Å²) in [6.07, 6.45) is 2.90. The molecule has 0 aromatic heterocycles. The van der Waals surface area contributed by atoms with E-state index in [9.17, 15) is 19.2 Å². The van der Waals surface area contributed by atoms with Crippen LogP contribution < -0.4 is 15.4 Å². The minimum atomic E-state index is -0.943. The minimum Gasteiger partial charge on any atom is -0.497 e. The van der Waals surface area contributed by atoms with Crippen LogP contribution in [0.3, 0.4) is 0 Å². The molecule has 0 saturated carbocycles. The highest BCUT2D eigenvalue weighted by Gasteiger charge is 2.18. The molecular formula is C26H31N3O6. The highest BCUT2D eigenvalue weighted by atomic mass is 16.5. The number of rotatable bonds is 11. The third-order valence-electron chi connectivity index (χ3n) is 5.07. The van der Waals surface area contributed by atoms with Gasteiger partial charge in [-0.15, -0.1) is 0 Å². The number of carbonyl (C=O) groups excluding carboxylic acids is 4. The first-order chi connectivity index (χ1) is 16.8. The van der Waals surface area contributed by atoms with Crippen molar-refractivity contribution in [3.8, 4) is 5.75 Å². The lowest BCUT2D eigenvalue weighted by molar-refractivity contribution is -0.149. The maximum absolute atomic E-state index is 12.3. The molecule has 3 amide bonds. The molecule has 0 heterocycles. The smallest absolute Gasteiger partial charge is 0.328 e. The first kappa shape index (κ1) is 27.1. The van der Waals surface area contributed by atoms with Crippen LogP contribution in [0.4, 0.5) is 5.69 Å². The van der Waals surface area contributed by atoms with Gasteiger partial charge in [-0.3, -0.25) is 14.4 Å². The molecule has 2 aromatic rings. The Bertz CT molecular complexity index is 1040. The molecule has 2 aromatic carbocycles. The summed E-state index contributed by atoms with van der Waals surface area (Å²) in [5.41, 5.74) is 1.77. The topological polar surface area (TPSA) is 114 Å². The van der Waals surface area contributed by atoms with Crippen LogP contribution in [-0.4, -0.2) is 61.4 Å². The number of carbonyl (C=O) groups is 4. The van der Waals surface area contributed by atoms with Gasteiger partial charge in [-0.25, -0.2) is 4.79 Å². The second-order valence-electron chi connectivity index (χ2n) is 7.55. The van der Waals surface area contributed by atoms with Gasteiger partial charge in [0.2, 0.25) is 5.91 Å². The summed E-state index contributed by atoms with van der Waals surface area (Å²) in [6.45, 7) is 5.98. The van der Waals surface area contributed by atoms with E-state index in [4.69, 9.17) is 9.47 Å². The number of benzene rings is 2. The molecule has 0 spiro atoms. The largest absolute Gasteiger partial charge is 0.497 e. The van der Waals surface area contributed by atoms with Crippen molar-refractivity contribution in [2.24, 2.45) is 0 Å². The normalized spacial score (nSPS) is 11.4. The van der Waals surface area contributed by atoms with E-state index < -0.39 is 30.4 Å². The predicted octanol–water partition coefficient (Wildman–Crippen LogP) is 2.88. The first-order valence-electron chi connectivity index (χ1n) is 11.3. The van der Waals surface area contributed by atoms with Gasteiger partial charge in [-0.05, 0) is 68.8 Å². The molecule has 0 saturated heterocycles. The Kier molecular flexibility index (Phi) is 10.5. The van der Waals surface area contributed by atoms with Crippen molar-refractivity contribution in [2.75, 3.05) is 32.1 Å². The Labute approximate surface area is 205 Å². The number of nitrogens with one attached hydrogen (secondary N) is 2. The molecule has 1 atom stereocenters. The molecule has 2 N–H and O–H groups in total. The van der Waals surface area contributed by atoms with Gasteiger partial charge in [0.1, 0.15) is 11.8 Å². The van der Waals surface area contributed by atoms with Gasteiger partial charge in [0, 0.05) is 30.4 Å². The lowest BCUT2D eigenvalue weighted by Gasteiger charge is -2.18. The third kappa shape index (κ3) is 8.62. The van der Waals surface area contributed by atoms with Gasteiger partial charge in [-0.1, -0.05) is 12.1 Å². The lowest BCUT2D eigenvalue weighted by atomic mass is 10.2.